The van der Waals surface area contributed by atoms with Crippen LogP contribution in [-0.2, 0) is 11.3 Å². The van der Waals surface area contributed by atoms with Gasteiger partial charge in [-0.25, -0.2) is 4.98 Å². The lowest BCUT2D eigenvalue weighted by Crippen LogP contribution is -2.38. The fourth-order valence-electron chi connectivity index (χ4n) is 3.47. The number of thiazole rings is 1. The number of likely N-dealkylation sites (tertiary alicyclic amines) is 1. The number of rotatable bonds is 4. The number of piperidine rings is 1. The number of hydrogen-bond acceptors (Lipinski definition) is 4. The highest BCUT2D eigenvalue weighted by Crippen LogP contribution is 2.28. The molecule has 1 aliphatic carbocycles. The molecule has 0 spiro atoms. The zero-order chi connectivity index (χ0) is 14.8. The van der Waals surface area contributed by atoms with Crippen molar-refractivity contribution in [3.63, 3.8) is 0 Å². The van der Waals surface area contributed by atoms with E-state index in [4.69, 9.17) is 0 Å². The summed E-state index contributed by atoms with van der Waals surface area (Å²) in [6.07, 6.45) is 4.59. The van der Waals surface area contributed by atoms with Crippen molar-refractivity contribution in [3.8, 4) is 0 Å². The molecule has 2 fully saturated rings. The number of amides is 1. The van der Waals surface area contributed by atoms with Crippen molar-refractivity contribution in [1.29, 1.82) is 0 Å². The second kappa shape index (κ2) is 6.44. The summed E-state index contributed by atoms with van der Waals surface area (Å²) >= 11 is 1.55. The van der Waals surface area contributed by atoms with Crippen molar-refractivity contribution in [1.82, 2.24) is 9.88 Å². The number of carbonyl (C=O) groups is 1. The Morgan fingerprint density at radius 2 is 2.10 bits per heavy atom. The van der Waals surface area contributed by atoms with E-state index in [-0.39, 0.29) is 11.8 Å². The van der Waals surface area contributed by atoms with Gasteiger partial charge in [0.25, 0.3) is 0 Å². The average Bonchev–Trinajstić information content (AvgIpc) is 2.72. The molecule has 3 rings (SSSR count). The van der Waals surface area contributed by atoms with Crippen LogP contribution < -0.4 is 5.32 Å². The Labute approximate surface area is 130 Å². The Balaban J connectivity index is 1.53. The molecule has 0 aromatic carbocycles. The smallest absolute Gasteiger partial charge is 0.229 e. The Morgan fingerprint density at radius 3 is 2.71 bits per heavy atom. The van der Waals surface area contributed by atoms with E-state index < -0.39 is 0 Å². The first-order chi connectivity index (χ1) is 10.1. The molecule has 116 valence electrons. The maximum atomic E-state index is 11.9. The minimum atomic E-state index is 0.155. The first kappa shape index (κ1) is 15.0. The number of carbonyl (C=O) groups excluding carboxylic acids is 1. The lowest BCUT2D eigenvalue weighted by Gasteiger charge is -2.34. The fourth-order valence-corrected chi connectivity index (χ4v) is 4.17. The summed E-state index contributed by atoms with van der Waals surface area (Å²) in [6, 6.07) is 0. The topological polar surface area (TPSA) is 45.2 Å². The summed E-state index contributed by atoms with van der Waals surface area (Å²) in [5.41, 5.74) is 1.09. The molecule has 0 bridgehead atoms. The Bertz CT molecular complexity index is 487. The maximum absolute atomic E-state index is 11.9. The van der Waals surface area contributed by atoms with Gasteiger partial charge >= 0.3 is 0 Å². The molecule has 1 saturated carbocycles. The Hall–Kier alpha value is -0.940. The van der Waals surface area contributed by atoms with Crippen LogP contribution in [-0.4, -0.2) is 28.9 Å². The molecule has 0 radical (unpaired) electrons. The predicted molar refractivity (Wildman–Crippen MR) is 86.3 cm³/mol. The number of nitrogens with zero attached hydrogens (tertiary/aromatic N) is 2. The van der Waals surface area contributed by atoms with Crippen LogP contribution in [0.25, 0.3) is 0 Å². The SMILES string of the molecule is C[C@H]1C[C@H](C)CN(Cc2csc(NC(=O)C3CCC3)n2)C1. The van der Waals surface area contributed by atoms with E-state index in [0.717, 1.165) is 55.1 Å². The van der Waals surface area contributed by atoms with Crippen LogP contribution in [0.5, 0.6) is 0 Å². The molecular formula is C16H25N3OS. The van der Waals surface area contributed by atoms with Gasteiger partial charge in [0.05, 0.1) is 5.69 Å². The van der Waals surface area contributed by atoms with E-state index in [9.17, 15) is 4.79 Å². The van der Waals surface area contributed by atoms with Gasteiger partial charge in [0.1, 0.15) is 0 Å². The van der Waals surface area contributed by atoms with Gasteiger partial charge in [-0.1, -0.05) is 20.3 Å². The van der Waals surface area contributed by atoms with E-state index in [1.54, 1.807) is 11.3 Å². The van der Waals surface area contributed by atoms with E-state index >= 15 is 0 Å². The number of aromatic nitrogens is 1. The van der Waals surface area contributed by atoms with Gasteiger partial charge in [-0.05, 0) is 31.1 Å². The largest absolute Gasteiger partial charge is 0.302 e. The van der Waals surface area contributed by atoms with Gasteiger partial charge in [0.15, 0.2) is 5.13 Å². The average molecular weight is 307 g/mol. The van der Waals surface area contributed by atoms with E-state index in [2.05, 4.69) is 34.4 Å². The first-order valence-corrected chi connectivity index (χ1v) is 8.95. The van der Waals surface area contributed by atoms with Gasteiger partial charge < -0.3 is 5.32 Å². The third-order valence-electron chi connectivity index (χ3n) is 4.59. The Kier molecular flexibility index (Phi) is 4.60. The number of nitrogens with one attached hydrogen (secondary N) is 1. The molecule has 1 aliphatic heterocycles. The quantitative estimate of drug-likeness (QED) is 0.927. The third kappa shape index (κ3) is 3.83. The van der Waals surface area contributed by atoms with Crippen LogP contribution in [0.15, 0.2) is 5.38 Å². The van der Waals surface area contributed by atoms with Gasteiger partial charge in [0, 0.05) is 30.9 Å². The summed E-state index contributed by atoms with van der Waals surface area (Å²) in [5, 5.41) is 5.82. The van der Waals surface area contributed by atoms with E-state index in [1.165, 1.54) is 12.8 Å². The molecule has 1 saturated heterocycles. The van der Waals surface area contributed by atoms with E-state index in [0.29, 0.717) is 0 Å². The summed E-state index contributed by atoms with van der Waals surface area (Å²) in [6.45, 7) is 7.88. The van der Waals surface area contributed by atoms with Crippen LogP contribution in [0, 0.1) is 17.8 Å². The predicted octanol–water partition coefficient (Wildman–Crippen LogP) is 3.36. The summed E-state index contributed by atoms with van der Waals surface area (Å²) in [4.78, 5) is 19.0. The van der Waals surface area contributed by atoms with Gasteiger partial charge in [-0.3, -0.25) is 9.69 Å². The molecular weight excluding hydrogens is 282 g/mol. The zero-order valence-corrected chi connectivity index (χ0v) is 13.8. The molecule has 2 aliphatic rings. The molecule has 1 aromatic rings. The second-order valence-corrected chi connectivity index (χ2v) is 7.76. The van der Waals surface area contributed by atoms with Gasteiger partial charge in [-0.2, -0.15) is 0 Å². The molecule has 21 heavy (non-hydrogen) atoms. The van der Waals surface area contributed by atoms with Gasteiger partial charge in [0.2, 0.25) is 5.91 Å². The molecule has 4 nitrogen and oxygen atoms in total. The van der Waals surface area contributed by atoms with Crippen molar-refractivity contribution >= 4 is 22.4 Å². The van der Waals surface area contributed by atoms with Crippen molar-refractivity contribution in [2.45, 2.75) is 46.1 Å². The van der Waals surface area contributed by atoms with Crippen molar-refractivity contribution in [2.24, 2.45) is 17.8 Å². The van der Waals surface area contributed by atoms with Crippen LogP contribution in [0.3, 0.4) is 0 Å². The molecule has 1 N–H and O–H groups in total. The summed E-state index contributed by atoms with van der Waals surface area (Å²) in [5.74, 6) is 1.92. The monoisotopic (exact) mass is 307 g/mol. The molecule has 1 aromatic heterocycles. The highest BCUT2D eigenvalue weighted by atomic mass is 32.1. The number of hydrogen-bond donors (Lipinski definition) is 1. The summed E-state index contributed by atoms with van der Waals surface area (Å²) < 4.78 is 0. The molecule has 2 atom stereocenters. The number of anilines is 1. The lowest BCUT2D eigenvalue weighted by atomic mass is 9.85. The maximum Gasteiger partial charge on any atom is 0.229 e. The highest BCUT2D eigenvalue weighted by Gasteiger charge is 2.26. The zero-order valence-electron chi connectivity index (χ0n) is 13.0. The fraction of sp³-hybridized carbons (Fsp3) is 0.750. The second-order valence-electron chi connectivity index (χ2n) is 6.90. The van der Waals surface area contributed by atoms with E-state index in [1.807, 2.05) is 0 Å². The van der Waals surface area contributed by atoms with Crippen molar-refractivity contribution in [2.75, 3.05) is 18.4 Å². The van der Waals surface area contributed by atoms with Crippen LogP contribution >= 0.6 is 11.3 Å². The van der Waals surface area contributed by atoms with Crippen LogP contribution in [0.4, 0.5) is 5.13 Å². The molecule has 1 amide bonds. The van der Waals surface area contributed by atoms with Crippen LogP contribution in [0.2, 0.25) is 0 Å². The first-order valence-electron chi connectivity index (χ1n) is 8.07. The van der Waals surface area contributed by atoms with Crippen molar-refractivity contribution in [3.05, 3.63) is 11.1 Å². The van der Waals surface area contributed by atoms with Crippen molar-refractivity contribution < 1.29 is 4.79 Å². The normalized spacial score (nSPS) is 27.3. The standard InChI is InChI=1S/C16H25N3OS/c1-11-6-12(2)8-19(7-11)9-14-10-21-16(17-14)18-15(20)13-4-3-5-13/h10-13H,3-9H2,1-2H3,(H,17,18,20)/t11-,12-/m0/s1. The highest BCUT2D eigenvalue weighted by molar-refractivity contribution is 7.13. The molecule has 5 heteroatoms. The molecule has 0 unspecified atom stereocenters. The lowest BCUT2D eigenvalue weighted by molar-refractivity contribution is -0.122. The minimum absolute atomic E-state index is 0.155. The molecule has 2 heterocycles. The minimum Gasteiger partial charge on any atom is -0.302 e. The third-order valence-corrected chi connectivity index (χ3v) is 5.39. The van der Waals surface area contributed by atoms with Crippen LogP contribution in [0.1, 0.15) is 45.2 Å². The Morgan fingerprint density at radius 1 is 1.38 bits per heavy atom. The van der Waals surface area contributed by atoms with Gasteiger partial charge in [-0.15, -0.1) is 11.3 Å². The summed E-state index contributed by atoms with van der Waals surface area (Å²) in [7, 11) is 0.